The van der Waals surface area contributed by atoms with Crippen molar-refractivity contribution in [2.45, 2.75) is 34.6 Å². The lowest BCUT2D eigenvalue weighted by Crippen LogP contribution is -1.81. The molecule has 0 N–H and O–H groups in total. The van der Waals surface area contributed by atoms with Crippen LogP contribution in [-0.2, 0) is 0 Å². The van der Waals surface area contributed by atoms with Crippen molar-refractivity contribution in [1.82, 2.24) is 9.38 Å². The van der Waals surface area contributed by atoms with Crippen LogP contribution < -0.4 is 0 Å². The lowest BCUT2D eigenvalue weighted by atomic mass is 10.3. The predicted molar refractivity (Wildman–Crippen MR) is 62.6 cm³/mol. The van der Waals surface area contributed by atoms with Crippen LogP contribution in [0.15, 0.2) is 30.9 Å². The van der Waals surface area contributed by atoms with Gasteiger partial charge in [0, 0.05) is 6.20 Å². The van der Waals surface area contributed by atoms with Gasteiger partial charge in [-0.15, -0.1) is 0 Å². The van der Waals surface area contributed by atoms with Crippen LogP contribution in [0.5, 0.6) is 0 Å². The van der Waals surface area contributed by atoms with Crippen LogP contribution in [0.25, 0.3) is 5.52 Å². The van der Waals surface area contributed by atoms with Gasteiger partial charge in [-0.25, -0.2) is 4.98 Å². The van der Waals surface area contributed by atoms with Gasteiger partial charge in [-0.2, -0.15) is 0 Å². The second-order valence-corrected chi connectivity index (χ2v) is 2.43. The molecule has 2 aromatic rings. The average Bonchev–Trinajstić information content (AvgIpc) is 2.71. The number of imidazole rings is 1. The molecule has 14 heavy (non-hydrogen) atoms. The van der Waals surface area contributed by atoms with Gasteiger partial charge in [-0.05, 0) is 18.6 Å². The summed E-state index contributed by atoms with van der Waals surface area (Å²) in [7, 11) is 0. The van der Waals surface area contributed by atoms with Gasteiger partial charge in [-0.1, -0.05) is 33.8 Å². The highest BCUT2D eigenvalue weighted by molar-refractivity contribution is 5.44. The van der Waals surface area contributed by atoms with Crippen molar-refractivity contribution < 1.29 is 0 Å². The molecular formula is C12H20N2. The molecule has 0 saturated carbocycles. The van der Waals surface area contributed by atoms with Crippen LogP contribution in [0.2, 0.25) is 0 Å². The number of nitrogens with zero attached hydrogens (tertiary/aromatic N) is 2. The Kier molecular flexibility index (Phi) is 6.46. The molecule has 0 fully saturated rings. The third kappa shape index (κ3) is 3.21. The molecule has 0 aromatic carbocycles. The van der Waals surface area contributed by atoms with Crippen molar-refractivity contribution in [3.8, 4) is 0 Å². The molecular weight excluding hydrogens is 172 g/mol. The third-order valence-corrected chi connectivity index (χ3v) is 1.56. The normalized spacial score (nSPS) is 8.36. The van der Waals surface area contributed by atoms with E-state index in [1.165, 1.54) is 5.56 Å². The highest BCUT2D eigenvalue weighted by Crippen LogP contribution is 2.03. The quantitative estimate of drug-likeness (QED) is 0.622. The van der Waals surface area contributed by atoms with Gasteiger partial charge in [0.2, 0.25) is 0 Å². The summed E-state index contributed by atoms with van der Waals surface area (Å²) < 4.78 is 2.01. The van der Waals surface area contributed by atoms with E-state index in [1.54, 1.807) is 0 Å². The molecule has 2 aromatic heterocycles. The zero-order valence-electron chi connectivity index (χ0n) is 9.78. The van der Waals surface area contributed by atoms with E-state index in [-0.39, 0.29) is 0 Å². The summed E-state index contributed by atoms with van der Waals surface area (Å²) in [4.78, 5) is 4.01. The lowest BCUT2D eigenvalue weighted by Gasteiger charge is -1.93. The minimum atomic E-state index is 1.14. The van der Waals surface area contributed by atoms with Crippen molar-refractivity contribution in [2.24, 2.45) is 0 Å². The van der Waals surface area contributed by atoms with E-state index in [2.05, 4.69) is 30.2 Å². The van der Waals surface area contributed by atoms with Gasteiger partial charge in [0.15, 0.2) is 0 Å². The zero-order valence-corrected chi connectivity index (χ0v) is 9.78. The molecule has 2 heterocycles. The van der Waals surface area contributed by atoms with Crippen LogP contribution in [0.4, 0.5) is 0 Å². The highest BCUT2D eigenvalue weighted by Gasteiger charge is 1.89. The van der Waals surface area contributed by atoms with E-state index in [0.717, 1.165) is 5.52 Å². The summed E-state index contributed by atoms with van der Waals surface area (Å²) in [6.07, 6.45) is 5.71. The molecule has 0 atom stereocenters. The van der Waals surface area contributed by atoms with E-state index in [0.29, 0.717) is 0 Å². The molecule has 0 spiro atoms. The van der Waals surface area contributed by atoms with Gasteiger partial charge in [-0.3, -0.25) is 0 Å². The Morgan fingerprint density at radius 1 is 1.07 bits per heavy atom. The van der Waals surface area contributed by atoms with Crippen LogP contribution >= 0.6 is 0 Å². The minimum absolute atomic E-state index is 1.14. The average molecular weight is 192 g/mol. The van der Waals surface area contributed by atoms with Crippen LogP contribution in [0, 0.1) is 6.92 Å². The van der Waals surface area contributed by atoms with E-state index < -0.39 is 0 Å². The fraction of sp³-hybridized carbons (Fsp3) is 0.417. The van der Waals surface area contributed by atoms with Crippen molar-refractivity contribution in [1.29, 1.82) is 0 Å². The van der Waals surface area contributed by atoms with Gasteiger partial charge < -0.3 is 4.40 Å². The first kappa shape index (κ1) is 12.7. The number of pyridine rings is 1. The Labute approximate surface area is 86.6 Å². The van der Waals surface area contributed by atoms with Crippen molar-refractivity contribution in [2.75, 3.05) is 0 Å². The Balaban J connectivity index is 0.000000379. The summed E-state index contributed by atoms with van der Waals surface area (Å²) in [5.74, 6) is 0. The second-order valence-electron chi connectivity index (χ2n) is 2.43. The largest absolute Gasteiger partial charge is 0.306 e. The van der Waals surface area contributed by atoms with Gasteiger partial charge in [0.05, 0.1) is 18.0 Å². The Morgan fingerprint density at radius 3 is 2.36 bits per heavy atom. The molecule has 2 rings (SSSR count). The molecule has 0 amide bonds. The van der Waals surface area contributed by atoms with E-state index >= 15 is 0 Å². The number of hydrogen-bond donors (Lipinski definition) is 0. The standard InChI is InChI=1S/C8H8N2.2C2H6/c1-7-2-3-8-4-9-6-10(8)5-7;2*1-2/h2-6H,1H3;2*1-2H3. The summed E-state index contributed by atoms with van der Waals surface area (Å²) in [6, 6.07) is 4.14. The molecule has 0 saturated heterocycles. The lowest BCUT2D eigenvalue weighted by molar-refractivity contribution is 1.13. The monoisotopic (exact) mass is 192 g/mol. The number of aromatic nitrogens is 2. The molecule has 0 bridgehead atoms. The van der Waals surface area contributed by atoms with Crippen molar-refractivity contribution in [3.05, 3.63) is 36.4 Å². The molecule has 78 valence electrons. The predicted octanol–water partition coefficient (Wildman–Crippen LogP) is 3.70. The van der Waals surface area contributed by atoms with Crippen molar-refractivity contribution in [3.63, 3.8) is 0 Å². The first-order valence-corrected chi connectivity index (χ1v) is 5.24. The zero-order chi connectivity index (χ0) is 11.0. The SMILES string of the molecule is CC.CC.Cc1ccc2cncn2c1. The number of fused-ring (bicyclic) bond motifs is 1. The maximum Gasteiger partial charge on any atom is 0.0992 e. The van der Waals surface area contributed by atoms with Crippen LogP contribution in [0.3, 0.4) is 0 Å². The fourth-order valence-corrected chi connectivity index (χ4v) is 1.03. The first-order chi connectivity index (χ1) is 6.86. The van der Waals surface area contributed by atoms with Crippen LogP contribution in [0.1, 0.15) is 33.3 Å². The number of hydrogen-bond acceptors (Lipinski definition) is 1. The van der Waals surface area contributed by atoms with Crippen molar-refractivity contribution >= 4 is 5.52 Å². The summed E-state index contributed by atoms with van der Waals surface area (Å²) in [5, 5.41) is 0. The first-order valence-electron chi connectivity index (χ1n) is 5.24. The van der Waals surface area contributed by atoms with E-state index in [4.69, 9.17) is 0 Å². The van der Waals surface area contributed by atoms with E-state index in [9.17, 15) is 0 Å². The molecule has 0 radical (unpaired) electrons. The van der Waals surface area contributed by atoms with Gasteiger partial charge in [0.25, 0.3) is 0 Å². The Morgan fingerprint density at radius 2 is 1.71 bits per heavy atom. The van der Waals surface area contributed by atoms with E-state index in [1.807, 2.05) is 44.6 Å². The maximum atomic E-state index is 4.01. The molecule has 0 unspecified atom stereocenters. The maximum absolute atomic E-state index is 4.01. The van der Waals surface area contributed by atoms with Gasteiger partial charge >= 0.3 is 0 Å². The summed E-state index contributed by atoms with van der Waals surface area (Å²) in [5.41, 5.74) is 2.40. The highest BCUT2D eigenvalue weighted by atomic mass is 15.0. The molecule has 2 heteroatoms. The molecule has 0 aliphatic rings. The number of rotatable bonds is 0. The topological polar surface area (TPSA) is 17.3 Å². The summed E-state index contributed by atoms with van der Waals surface area (Å²) in [6.45, 7) is 10.1. The minimum Gasteiger partial charge on any atom is -0.306 e. The third-order valence-electron chi connectivity index (χ3n) is 1.56. The van der Waals surface area contributed by atoms with Crippen LogP contribution in [-0.4, -0.2) is 9.38 Å². The smallest absolute Gasteiger partial charge is 0.0992 e. The Hall–Kier alpha value is -1.31. The molecule has 0 aliphatic heterocycles. The molecule has 2 nitrogen and oxygen atoms in total. The summed E-state index contributed by atoms with van der Waals surface area (Å²) >= 11 is 0. The number of aryl methyl sites for hydroxylation is 1. The Bertz CT molecular complexity index is 350. The van der Waals surface area contributed by atoms with Gasteiger partial charge in [0.1, 0.15) is 0 Å². The fourth-order valence-electron chi connectivity index (χ4n) is 1.03. The second kappa shape index (κ2) is 7.13. The molecule has 0 aliphatic carbocycles.